The number of ether oxygens (including phenoxy) is 2. The van der Waals surface area contributed by atoms with Crippen LogP contribution in [0.5, 0.6) is 5.75 Å². The maximum atomic E-state index is 5.68. The minimum Gasteiger partial charge on any atom is -0.491 e. The topological polar surface area (TPSA) is 18.5 Å². The average Bonchev–Trinajstić information content (AvgIpc) is 2.29. The molecular weight excluding hydrogens is 188 g/mol. The van der Waals surface area contributed by atoms with Crippen molar-refractivity contribution in [1.82, 2.24) is 0 Å². The first-order chi connectivity index (χ1) is 7.29. The SMILES string of the molecule is CCC(C)c1ccccc1OCCOC. The van der Waals surface area contributed by atoms with E-state index in [1.807, 2.05) is 12.1 Å². The van der Waals surface area contributed by atoms with E-state index in [2.05, 4.69) is 26.0 Å². The third kappa shape index (κ3) is 3.56. The zero-order chi connectivity index (χ0) is 11.1. The molecule has 15 heavy (non-hydrogen) atoms. The Morgan fingerprint density at radius 3 is 2.60 bits per heavy atom. The molecule has 0 bridgehead atoms. The van der Waals surface area contributed by atoms with E-state index in [1.165, 1.54) is 5.56 Å². The number of rotatable bonds is 6. The van der Waals surface area contributed by atoms with Gasteiger partial charge in [-0.1, -0.05) is 32.0 Å². The lowest BCUT2D eigenvalue weighted by atomic mass is 9.98. The highest BCUT2D eigenvalue weighted by Gasteiger charge is 2.08. The Bertz CT molecular complexity index is 284. The van der Waals surface area contributed by atoms with E-state index in [0.29, 0.717) is 19.1 Å². The number of hydrogen-bond donors (Lipinski definition) is 0. The Morgan fingerprint density at radius 1 is 1.20 bits per heavy atom. The molecule has 1 aromatic rings. The predicted octanol–water partition coefficient (Wildman–Crippen LogP) is 3.23. The second-order valence-corrected chi connectivity index (χ2v) is 3.69. The lowest BCUT2D eigenvalue weighted by Crippen LogP contribution is -2.06. The van der Waals surface area contributed by atoms with Crippen LogP contribution in [-0.2, 0) is 4.74 Å². The van der Waals surface area contributed by atoms with Gasteiger partial charge in [-0.15, -0.1) is 0 Å². The summed E-state index contributed by atoms with van der Waals surface area (Å²) in [5.74, 6) is 1.53. The van der Waals surface area contributed by atoms with Crippen molar-refractivity contribution < 1.29 is 9.47 Å². The van der Waals surface area contributed by atoms with Gasteiger partial charge < -0.3 is 9.47 Å². The molecule has 0 N–H and O–H groups in total. The van der Waals surface area contributed by atoms with Crippen molar-refractivity contribution in [2.45, 2.75) is 26.2 Å². The molecule has 2 heteroatoms. The van der Waals surface area contributed by atoms with Crippen molar-refractivity contribution in [3.8, 4) is 5.75 Å². The van der Waals surface area contributed by atoms with Crippen LogP contribution in [0, 0.1) is 0 Å². The summed E-state index contributed by atoms with van der Waals surface area (Å²) in [6, 6.07) is 8.23. The predicted molar refractivity (Wildman–Crippen MR) is 62.5 cm³/mol. The summed E-state index contributed by atoms with van der Waals surface area (Å²) in [6.45, 7) is 5.66. The van der Waals surface area contributed by atoms with Crippen LogP contribution in [0.2, 0.25) is 0 Å². The lowest BCUT2D eigenvalue weighted by molar-refractivity contribution is 0.145. The Hall–Kier alpha value is -1.02. The molecule has 0 spiro atoms. The van der Waals surface area contributed by atoms with Crippen LogP contribution in [0.4, 0.5) is 0 Å². The lowest BCUT2D eigenvalue weighted by Gasteiger charge is -2.15. The number of para-hydroxylation sites is 1. The molecule has 0 fully saturated rings. The van der Waals surface area contributed by atoms with Gasteiger partial charge in [0, 0.05) is 7.11 Å². The third-order valence-electron chi connectivity index (χ3n) is 2.61. The van der Waals surface area contributed by atoms with Gasteiger partial charge in [0.2, 0.25) is 0 Å². The number of hydrogen-bond acceptors (Lipinski definition) is 2. The highest BCUT2D eigenvalue weighted by molar-refractivity contribution is 5.35. The summed E-state index contributed by atoms with van der Waals surface area (Å²) in [7, 11) is 1.68. The monoisotopic (exact) mass is 208 g/mol. The smallest absolute Gasteiger partial charge is 0.122 e. The van der Waals surface area contributed by atoms with E-state index in [0.717, 1.165) is 12.2 Å². The molecule has 0 aromatic heterocycles. The fourth-order valence-corrected chi connectivity index (χ4v) is 1.47. The van der Waals surface area contributed by atoms with E-state index in [4.69, 9.17) is 9.47 Å². The van der Waals surface area contributed by atoms with Gasteiger partial charge in [-0.2, -0.15) is 0 Å². The fourth-order valence-electron chi connectivity index (χ4n) is 1.47. The molecule has 0 aliphatic carbocycles. The molecule has 0 amide bonds. The summed E-state index contributed by atoms with van der Waals surface area (Å²) in [6.07, 6.45) is 1.13. The van der Waals surface area contributed by atoms with E-state index >= 15 is 0 Å². The van der Waals surface area contributed by atoms with E-state index in [-0.39, 0.29) is 0 Å². The summed E-state index contributed by atoms with van der Waals surface area (Å²) in [5.41, 5.74) is 1.29. The second kappa shape index (κ2) is 6.46. The van der Waals surface area contributed by atoms with Gasteiger partial charge in [0.25, 0.3) is 0 Å². The molecule has 2 nitrogen and oxygen atoms in total. The highest BCUT2D eigenvalue weighted by atomic mass is 16.5. The maximum Gasteiger partial charge on any atom is 0.122 e. The van der Waals surface area contributed by atoms with Gasteiger partial charge in [0.05, 0.1) is 6.61 Å². The Morgan fingerprint density at radius 2 is 1.93 bits per heavy atom. The van der Waals surface area contributed by atoms with Crippen LogP contribution >= 0.6 is 0 Å². The van der Waals surface area contributed by atoms with Gasteiger partial charge >= 0.3 is 0 Å². The maximum absolute atomic E-state index is 5.68. The van der Waals surface area contributed by atoms with Crippen molar-refractivity contribution in [2.24, 2.45) is 0 Å². The molecule has 1 aromatic carbocycles. The van der Waals surface area contributed by atoms with Crippen molar-refractivity contribution >= 4 is 0 Å². The quantitative estimate of drug-likeness (QED) is 0.668. The van der Waals surface area contributed by atoms with Gasteiger partial charge in [0.15, 0.2) is 0 Å². The molecule has 1 rings (SSSR count). The number of methoxy groups -OCH3 is 1. The molecule has 0 aliphatic rings. The van der Waals surface area contributed by atoms with Crippen molar-refractivity contribution in [3.63, 3.8) is 0 Å². The first-order valence-corrected chi connectivity index (χ1v) is 5.50. The Labute approximate surface area is 92.2 Å². The molecule has 0 radical (unpaired) electrons. The normalized spacial score (nSPS) is 12.5. The molecule has 0 aliphatic heterocycles. The zero-order valence-corrected chi connectivity index (χ0v) is 9.82. The standard InChI is InChI=1S/C13H20O2/c1-4-11(2)12-7-5-6-8-13(12)15-10-9-14-3/h5-8,11H,4,9-10H2,1-3H3. The minimum absolute atomic E-state index is 0.545. The minimum atomic E-state index is 0.545. The summed E-state index contributed by atoms with van der Waals surface area (Å²) in [5, 5.41) is 0. The fraction of sp³-hybridized carbons (Fsp3) is 0.538. The molecule has 0 saturated carbocycles. The van der Waals surface area contributed by atoms with Crippen molar-refractivity contribution in [2.75, 3.05) is 20.3 Å². The van der Waals surface area contributed by atoms with E-state index < -0.39 is 0 Å². The van der Waals surface area contributed by atoms with Crippen molar-refractivity contribution in [3.05, 3.63) is 29.8 Å². The largest absolute Gasteiger partial charge is 0.491 e. The first kappa shape index (κ1) is 12.1. The van der Waals surface area contributed by atoms with Crippen molar-refractivity contribution in [1.29, 1.82) is 0 Å². The van der Waals surface area contributed by atoms with Crippen LogP contribution in [-0.4, -0.2) is 20.3 Å². The summed E-state index contributed by atoms with van der Waals surface area (Å²) < 4.78 is 10.6. The summed E-state index contributed by atoms with van der Waals surface area (Å²) in [4.78, 5) is 0. The van der Waals surface area contributed by atoms with Crippen LogP contribution < -0.4 is 4.74 Å². The molecule has 0 heterocycles. The molecule has 1 atom stereocenters. The second-order valence-electron chi connectivity index (χ2n) is 3.69. The zero-order valence-electron chi connectivity index (χ0n) is 9.82. The van der Waals surface area contributed by atoms with Crippen LogP contribution in [0.15, 0.2) is 24.3 Å². The number of benzene rings is 1. The van der Waals surface area contributed by atoms with E-state index in [9.17, 15) is 0 Å². The molecule has 0 saturated heterocycles. The van der Waals surface area contributed by atoms with E-state index in [1.54, 1.807) is 7.11 Å². The Balaban J connectivity index is 2.68. The molecular formula is C13H20O2. The highest BCUT2D eigenvalue weighted by Crippen LogP contribution is 2.28. The van der Waals surface area contributed by atoms with Gasteiger partial charge in [-0.25, -0.2) is 0 Å². The first-order valence-electron chi connectivity index (χ1n) is 5.50. The van der Waals surface area contributed by atoms with Gasteiger partial charge in [-0.05, 0) is 24.0 Å². The molecule has 1 unspecified atom stereocenters. The summed E-state index contributed by atoms with van der Waals surface area (Å²) >= 11 is 0. The van der Waals surface area contributed by atoms with Gasteiger partial charge in [0.1, 0.15) is 12.4 Å². The van der Waals surface area contributed by atoms with Gasteiger partial charge in [-0.3, -0.25) is 0 Å². The third-order valence-corrected chi connectivity index (χ3v) is 2.61. The van der Waals surface area contributed by atoms with Crippen LogP contribution in [0.25, 0.3) is 0 Å². The molecule has 84 valence electrons. The Kier molecular flexibility index (Phi) is 5.19. The average molecular weight is 208 g/mol. The van der Waals surface area contributed by atoms with Crippen LogP contribution in [0.1, 0.15) is 31.7 Å². The van der Waals surface area contributed by atoms with Crippen LogP contribution in [0.3, 0.4) is 0 Å².